The van der Waals surface area contributed by atoms with Gasteiger partial charge in [0.05, 0.1) is 6.61 Å². The van der Waals surface area contributed by atoms with Gasteiger partial charge in [0.2, 0.25) is 0 Å². The molecule has 0 spiro atoms. The van der Waals surface area contributed by atoms with Gasteiger partial charge in [-0.05, 0) is 103 Å². The number of hydrogen-bond acceptors (Lipinski definition) is 11. The number of carbonyl (C=O) groups is 4. The molecule has 1 rings (SSSR count). The molecule has 0 aromatic rings. The van der Waals surface area contributed by atoms with Gasteiger partial charge in [0.15, 0.2) is 24.6 Å². The Morgan fingerprint density at radius 1 is 0.466 bits per heavy atom. The van der Waals surface area contributed by atoms with E-state index in [4.69, 9.17) is 23.7 Å². The van der Waals surface area contributed by atoms with Gasteiger partial charge in [-0.25, -0.2) is 4.79 Å². The third kappa shape index (κ3) is 38.8. The first kappa shape index (κ1) is 66.7. The highest BCUT2D eigenvalue weighted by Gasteiger charge is 2.50. The Hall–Kier alpha value is -4.36. The molecule has 1 heterocycles. The smallest absolute Gasteiger partial charge is 0.335 e. The van der Waals surface area contributed by atoms with Gasteiger partial charge in [-0.3, -0.25) is 14.4 Å². The van der Waals surface area contributed by atoms with Crippen molar-refractivity contribution in [2.75, 3.05) is 13.2 Å². The van der Waals surface area contributed by atoms with E-state index in [-0.39, 0.29) is 25.9 Å². The number of hydrogen-bond donors (Lipinski definition) is 3. The highest BCUT2D eigenvalue weighted by Crippen LogP contribution is 2.26. The van der Waals surface area contributed by atoms with E-state index in [1.807, 2.05) is 18.2 Å². The van der Waals surface area contributed by atoms with Crippen LogP contribution in [0.2, 0.25) is 0 Å². The average Bonchev–Trinajstić information content (AvgIpc) is 3.37. The Balaban J connectivity index is 2.77. The molecule has 6 atom stereocenters. The number of ether oxygens (including phenoxy) is 5. The molecule has 73 heavy (non-hydrogen) atoms. The Kier molecular flexibility index (Phi) is 44.4. The van der Waals surface area contributed by atoms with Crippen LogP contribution in [0, 0.1) is 0 Å². The topological polar surface area (TPSA) is 175 Å². The van der Waals surface area contributed by atoms with Crippen LogP contribution in [0.5, 0.6) is 0 Å². The Labute approximate surface area is 441 Å². The van der Waals surface area contributed by atoms with Gasteiger partial charge in [-0.2, -0.15) is 0 Å². The van der Waals surface area contributed by atoms with Gasteiger partial charge in [0.1, 0.15) is 18.8 Å². The third-order valence-corrected chi connectivity index (χ3v) is 12.1. The number of carboxylic acids is 1. The minimum atomic E-state index is -1.93. The zero-order valence-electron chi connectivity index (χ0n) is 45.3. The lowest BCUT2D eigenvalue weighted by Gasteiger charge is -2.40. The Bertz CT molecular complexity index is 1640. The lowest BCUT2D eigenvalue weighted by atomic mass is 9.98. The van der Waals surface area contributed by atoms with E-state index >= 15 is 0 Å². The fourth-order valence-electron chi connectivity index (χ4n) is 7.86. The fraction of sp³-hybridized carbons (Fsp3) is 0.672. The Morgan fingerprint density at radius 2 is 0.890 bits per heavy atom. The lowest BCUT2D eigenvalue weighted by Crippen LogP contribution is -2.61. The largest absolute Gasteiger partial charge is 0.479 e. The number of aliphatic hydroxyl groups excluding tert-OH is 2. The Morgan fingerprint density at radius 3 is 1.38 bits per heavy atom. The van der Waals surface area contributed by atoms with Crippen molar-refractivity contribution in [2.24, 2.45) is 0 Å². The van der Waals surface area contributed by atoms with Gasteiger partial charge in [0, 0.05) is 19.3 Å². The molecule has 12 nitrogen and oxygen atoms in total. The molecule has 0 aliphatic carbocycles. The maximum atomic E-state index is 13.1. The molecular formula is C61H98O12. The van der Waals surface area contributed by atoms with Gasteiger partial charge in [-0.15, -0.1) is 0 Å². The average molecular weight is 1020 g/mol. The van der Waals surface area contributed by atoms with E-state index in [9.17, 15) is 34.5 Å². The van der Waals surface area contributed by atoms with Crippen molar-refractivity contribution >= 4 is 23.9 Å². The summed E-state index contributed by atoms with van der Waals surface area (Å²) in [5.41, 5.74) is 0. The van der Waals surface area contributed by atoms with E-state index < -0.39 is 67.3 Å². The van der Waals surface area contributed by atoms with Crippen molar-refractivity contribution in [3.8, 4) is 0 Å². The van der Waals surface area contributed by atoms with Gasteiger partial charge in [-0.1, -0.05) is 189 Å². The van der Waals surface area contributed by atoms with Crippen LogP contribution in [0.3, 0.4) is 0 Å². The zero-order chi connectivity index (χ0) is 53.3. The number of aliphatic carboxylic acids is 1. The van der Waals surface area contributed by atoms with Crippen molar-refractivity contribution in [1.82, 2.24) is 0 Å². The molecule has 3 N–H and O–H groups in total. The number of esters is 3. The van der Waals surface area contributed by atoms with E-state index in [1.165, 1.54) is 38.5 Å². The molecule has 1 saturated heterocycles. The van der Waals surface area contributed by atoms with Crippen molar-refractivity contribution in [2.45, 2.75) is 250 Å². The first-order valence-corrected chi connectivity index (χ1v) is 28.2. The maximum absolute atomic E-state index is 13.1. The van der Waals surface area contributed by atoms with Crippen molar-refractivity contribution in [3.05, 3.63) is 97.2 Å². The molecule has 414 valence electrons. The third-order valence-electron chi connectivity index (χ3n) is 12.1. The number of unbranched alkanes of at least 4 members (excludes halogenated alkanes) is 16. The molecule has 0 aromatic carbocycles. The monoisotopic (exact) mass is 1020 g/mol. The summed E-state index contributed by atoms with van der Waals surface area (Å²) in [4.78, 5) is 51.0. The van der Waals surface area contributed by atoms with E-state index in [0.29, 0.717) is 25.7 Å². The number of aliphatic hydroxyl groups is 2. The number of rotatable bonds is 46. The van der Waals surface area contributed by atoms with Crippen molar-refractivity contribution in [1.29, 1.82) is 0 Å². The number of allylic oxidation sites excluding steroid dienone is 16. The van der Waals surface area contributed by atoms with Crippen LogP contribution in [0.1, 0.15) is 213 Å². The number of carboxylic acid groups (broad SMARTS) is 1. The zero-order valence-corrected chi connectivity index (χ0v) is 45.3. The van der Waals surface area contributed by atoms with Crippen LogP contribution in [0.4, 0.5) is 0 Å². The highest BCUT2D eigenvalue weighted by atomic mass is 16.7. The molecule has 0 radical (unpaired) electrons. The van der Waals surface area contributed by atoms with E-state index in [2.05, 4.69) is 99.8 Å². The summed E-state index contributed by atoms with van der Waals surface area (Å²) in [6.45, 7) is 5.68. The van der Waals surface area contributed by atoms with Gasteiger partial charge < -0.3 is 39.0 Å². The molecule has 1 fully saturated rings. The summed E-state index contributed by atoms with van der Waals surface area (Å²) in [6, 6.07) is 0. The van der Waals surface area contributed by atoms with Crippen LogP contribution >= 0.6 is 0 Å². The molecule has 0 saturated carbocycles. The maximum Gasteiger partial charge on any atom is 0.335 e. The molecule has 6 unspecified atom stereocenters. The predicted molar refractivity (Wildman–Crippen MR) is 294 cm³/mol. The SMILES string of the molecule is CC/C=C\C/C=C\C/C=C\C/C=C\CCC(=O)OC1C(OCC(COC(=O)CCCCCCC/C=C\C/C=C\C/C=C\CC)OC(=O)CCCCCCC/C=C\CCCCCCCC)OC(C(=O)O)C(O)C1O. The first-order chi connectivity index (χ1) is 35.6. The minimum Gasteiger partial charge on any atom is -0.479 e. The second-order valence-electron chi connectivity index (χ2n) is 18.8. The molecule has 0 amide bonds. The highest BCUT2D eigenvalue weighted by molar-refractivity contribution is 5.74. The van der Waals surface area contributed by atoms with Crippen molar-refractivity contribution < 1.29 is 58.2 Å². The lowest BCUT2D eigenvalue weighted by molar-refractivity contribution is -0.301. The standard InChI is InChI=1S/C61H98O12/c1-4-7-10-13-16-19-22-25-27-30-32-35-38-41-44-47-53(62)69-50-52(71-54(63)48-45-42-39-36-34-31-28-26-23-20-17-14-11-8-5-2)51-70-61-59(57(66)56(65)58(73-61)60(67)68)72-55(64)49-46-43-40-37-33-29-24-21-18-15-12-9-6-3/h7,9-10,12,16,18-19,21,25-29,33,40,43,52,56-59,61,65-66H,4-6,8,11,13-15,17,20,22-24,30-32,34-39,41-42,44-51H2,1-3H3,(H,67,68)/b10-7-,12-9-,19-16-,21-18-,27-25-,28-26-,33-29-,43-40-. The molecule has 12 heteroatoms. The molecule has 0 bridgehead atoms. The van der Waals surface area contributed by atoms with Gasteiger partial charge in [0.25, 0.3) is 0 Å². The summed E-state index contributed by atoms with van der Waals surface area (Å²) < 4.78 is 28.3. The quantitative estimate of drug-likeness (QED) is 0.0228. The second kappa shape index (κ2) is 48.6. The van der Waals surface area contributed by atoms with Crippen molar-refractivity contribution in [3.63, 3.8) is 0 Å². The molecule has 1 aliphatic rings. The fourth-order valence-corrected chi connectivity index (χ4v) is 7.86. The molecule has 0 aromatic heterocycles. The number of carbonyl (C=O) groups excluding carboxylic acids is 3. The van der Waals surface area contributed by atoms with Crippen LogP contribution in [0.15, 0.2) is 97.2 Å². The van der Waals surface area contributed by atoms with Crippen LogP contribution in [0.25, 0.3) is 0 Å². The van der Waals surface area contributed by atoms with E-state index in [0.717, 1.165) is 109 Å². The summed E-state index contributed by atoms with van der Waals surface area (Å²) >= 11 is 0. The normalized spacial score (nSPS) is 19.1. The minimum absolute atomic E-state index is 0.0671. The predicted octanol–water partition coefficient (Wildman–Crippen LogP) is 14.1. The summed E-state index contributed by atoms with van der Waals surface area (Å²) in [6.07, 6.45) is 51.1. The van der Waals surface area contributed by atoms with Crippen LogP contribution in [-0.4, -0.2) is 89.2 Å². The van der Waals surface area contributed by atoms with Crippen LogP contribution < -0.4 is 0 Å². The molecular weight excluding hydrogens is 925 g/mol. The second-order valence-corrected chi connectivity index (χ2v) is 18.8. The van der Waals surface area contributed by atoms with Gasteiger partial charge >= 0.3 is 23.9 Å². The summed E-state index contributed by atoms with van der Waals surface area (Å²) in [5, 5.41) is 31.4. The summed E-state index contributed by atoms with van der Waals surface area (Å²) in [7, 11) is 0. The van der Waals surface area contributed by atoms with E-state index in [1.54, 1.807) is 0 Å². The summed E-state index contributed by atoms with van der Waals surface area (Å²) in [5.74, 6) is -3.27. The molecule has 1 aliphatic heterocycles. The first-order valence-electron chi connectivity index (χ1n) is 28.2. The van der Waals surface area contributed by atoms with Crippen LogP contribution in [-0.2, 0) is 42.9 Å².